The van der Waals surface area contributed by atoms with Crippen LogP contribution in [0.15, 0.2) is 24.3 Å². The van der Waals surface area contributed by atoms with E-state index in [0.29, 0.717) is 24.3 Å². The van der Waals surface area contributed by atoms with Gasteiger partial charge in [0, 0.05) is 24.2 Å². The molecule has 1 aromatic rings. The largest absolute Gasteiger partial charge is 0.484 e. The van der Waals surface area contributed by atoms with Crippen LogP contribution in [0.2, 0.25) is 0 Å². The van der Waals surface area contributed by atoms with Gasteiger partial charge in [-0.05, 0) is 18.6 Å². The topological polar surface area (TPSA) is 102 Å². The first-order valence-electron chi connectivity index (χ1n) is 7.40. The van der Waals surface area contributed by atoms with E-state index in [0.717, 1.165) is 0 Å². The van der Waals surface area contributed by atoms with Crippen molar-refractivity contribution in [1.82, 2.24) is 5.32 Å². The van der Waals surface area contributed by atoms with Gasteiger partial charge in [-0.15, -0.1) is 0 Å². The van der Waals surface area contributed by atoms with Crippen LogP contribution in [0.25, 0.3) is 0 Å². The van der Waals surface area contributed by atoms with Crippen LogP contribution in [-0.4, -0.2) is 44.4 Å². The number of amides is 2. The van der Waals surface area contributed by atoms with E-state index >= 15 is 0 Å². The number of benzene rings is 1. The van der Waals surface area contributed by atoms with Gasteiger partial charge in [0.15, 0.2) is 16.4 Å². The van der Waals surface area contributed by atoms with Gasteiger partial charge >= 0.3 is 0 Å². The van der Waals surface area contributed by atoms with Gasteiger partial charge in [0.25, 0.3) is 5.91 Å². The summed E-state index contributed by atoms with van der Waals surface area (Å²) < 4.78 is 28.0. The zero-order valence-corrected chi connectivity index (χ0v) is 13.7. The highest BCUT2D eigenvalue weighted by atomic mass is 32.2. The first-order chi connectivity index (χ1) is 10.9. The summed E-state index contributed by atoms with van der Waals surface area (Å²) in [6, 6.07) is 6.40. The number of carbonyl (C=O) groups excluding carboxylic acids is 2. The molecule has 0 spiro atoms. The number of carbonyl (C=O) groups is 2. The van der Waals surface area contributed by atoms with Crippen LogP contribution in [0.1, 0.15) is 19.8 Å². The Balaban J connectivity index is 1.82. The lowest BCUT2D eigenvalue weighted by Crippen LogP contribution is -2.38. The molecular weight excluding hydrogens is 320 g/mol. The van der Waals surface area contributed by atoms with Crippen LogP contribution in [-0.2, 0) is 19.4 Å². The van der Waals surface area contributed by atoms with Crippen LogP contribution < -0.4 is 15.4 Å². The molecule has 23 heavy (non-hydrogen) atoms. The van der Waals surface area contributed by atoms with Gasteiger partial charge in [-0.25, -0.2) is 8.42 Å². The van der Waals surface area contributed by atoms with Gasteiger partial charge in [-0.1, -0.05) is 13.0 Å². The molecule has 126 valence electrons. The summed E-state index contributed by atoms with van der Waals surface area (Å²) in [4.78, 5) is 23.1. The minimum atomic E-state index is -3.02. The molecule has 2 amide bonds. The third-order valence-electron chi connectivity index (χ3n) is 3.41. The van der Waals surface area contributed by atoms with Crippen LogP contribution in [0.4, 0.5) is 5.69 Å². The highest BCUT2D eigenvalue weighted by molar-refractivity contribution is 7.91. The summed E-state index contributed by atoms with van der Waals surface area (Å²) in [6.07, 6.45) is 0.810. The minimum Gasteiger partial charge on any atom is -0.484 e. The normalized spacial score (nSPS) is 19.1. The first kappa shape index (κ1) is 17.3. The molecule has 1 unspecified atom stereocenters. The lowest BCUT2D eigenvalue weighted by Gasteiger charge is -2.12. The molecule has 1 fully saturated rings. The quantitative estimate of drug-likeness (QED) is 0.794. The van der Waals surface area contributed by atoms with Crippen molar-refractivity contribution in [3.05, 3.63) is 24.3 Å². The molecule has 1 saturated heterocycles. The van der Waals surface area contributed by atoms with E-state index in [1.165, 1.54) is 0 Å². The van der Waals surface area contributed by atoms with E-state index in [2.05, 4.69) is 10.6 Å². The van der Waals surface area contributed by atoms with E-state index in [4.69, 9.17) is 4.74 Å². The third-order valence-corrected chi connectivity index (χ3v) is 5.17. The summed E-state index contributed by atoms with van der Waals surface area (Å²) in [5.41, 5.74) is 0.594. The number of sulfone groups is 1. The average Bonchev–Trinajstić information content (AvgIpc) is 2.84. The highest BCUT2D eigenvalue weighted by Gasteiger charge is 2.28. The molecule has 0 radical (unpaired) electrons. The van der Waals surface area contributed by atoms with Crippen molar-refractivity contribution in [2.45, 2.75) is 25.8 Å². The second-order valence-electron chi connectivity index (χ2n) is 5.39. The van der Waals surface area contributed by atoms with Gasteiger partial charge in [0.2, 0.25) is 5.91 Å². The number of nitrogens with one attached hydrogen (secondary N) is 2. The van der Waals surface area contributed by atoms with Crippen molar-refractivity contribution in [3.63, 3.8) is 0 Å². The maximum Gasteiger partial charge on any atom is 0.258 e. The van der Waals surface area contributed by atoms with Crippen molar-refractivity contribution < 1.29 is 22.7 Å². The van der Waals surface area contributed by atoms with Crippen LogP contribution in [0.5, 0.6) is 5.75 Å². The van der Waals surface area contributed by atoms with E-state index in [1.54, 1.807) is 31.2 Å². The van der Waals surface area contributed by atoms with Gasteiger partial charge in [-0.2, -0.15) is 0 Å². The Morgan fingerprint density at radius 1 is 1.30 bits per heavy atom. The first-order valence-corrected chi connectivity index (χ1v) is 9.22. The summed E-state index contributed by atoms with van der Waals surface area (Å²) in [7, 11) is -3.02. The molecule has 2 rings (SSSR count). The fraction of sp³-hybridized carbons (Fsp3) is 0.467. The van der Waals surface area contributed by atoms with Gasteiger partial charge in [-0.3, -0.25) is 9.59 Å². The minimum absolute atomic E-state index is 0.0166. The van der Waals surface area contributed by atoms with Crippen molar-refractivity contribution in [2.75, 3.05) is 23.4 Å². The second kappa shape index (κ2) is 7.45. The number of hydrogen-bond acceptors (Lipinski definition) is 5. The fourth-order valence-electron chi connectivity index (χ4n) is 2.24. The van der Waals surface area contributed by atoms with Crippen molar-refractivity contribution >= 4 is 27.3 Å². The van der Waals surface area contributed by atoms with Crippen molar-refractivity contribution in [2.24, 2.45) is 0 Å². The Labute approximate surface area is 135 Å². The predicted octanol–water partition coefficient (Wildman–Crippen LogP) is 0.717. The Morgan fingerprint density at radius 2 is 2.09 bits per heavy atom. The molecular formula is C15H20N2O5S. The summed E-state index contributed by atoms with van der Waals surface area (Å²) in [5.74, 6) is 0.0699. The van der Waals surface area contributed by atoms with Gasteiger partial charge in [0.1, 0.15) is 5.75 Å². The number of anilines is 1. The van der Waals surface area contributed by atoms with Gasteiger partial charge in [0.05, 0.1) is 11.5 Å². The second-order valence-corrected chi connectivity index (χ2v) is 7.61. The number of ether oxygens (including phenoxy) is 1. The molecule has 1 heterocycles. The fourth-order valence-corrected chi connectivity index (χ4v) is 3.91. The maximum absolute atomic E-state index is 11.8. The Kier molecular flexibility index (Phi) is 5.59. The highest BCUT2D eigenvalue weighted by Crippen LogP contribution is 2.17. The zero-order chi connectivity index (χ0) is 16.9. The van der Waals surface area contributed by atoms with Crippen molar-refractivity contribution in [3.8, 4) is 5.75 Å². The molecule has 0 aliphatic carbocycles. The molecule has 7 nitrogen and oxygen atoms in total. The Hall–Kier alpha value is -2.09. The van der Waals surface area contributed by atoms with Crippen LogP contribution in [0, 0.1) is 0 Å². The SMILES string of the molecule is CCC(=O)Nc1cccc(OCC(=O)NC2CCS(=O)(=O)C2)c1. The zero-order valence-electron chi connectivity index (χ0n) is 12.9. The Bertz CT molecular complexity index is 687. The molecule has 0 aromatic heterocycles. The smallest absolute Gasteiger partial charge is 0.258 e. The average molecular weight is 340 g/mol. The molecule has 8 heteroatoms. The molecule has 1 aliphatic rings. The lowest BCUT2D eigenvalue weighted by atomic mass is 10.2. The molecule has 0 bridgehead atoms. The molecule has 1 aliphatic heterocycles. The van der Waals surface area contributed by atoms with E-state index in [1.807, 2.05) is 0 Å². The number of rotatable bonds is 6. The predicted molar refractivity (Wildman–Crippen MR) is 86.1 cm³/mol. The van der Waals surface area contributed by atoms with E-state index in [9.17, 15) is 18.0 Å². The van der Waals surface area contributed by atoms with Gasteiger partial charge < -0.3 is 15.4 Å². The van der Waals surface area contributed by atoms with E-state index in [-0.39, 0.29) is 36.0 Å². The van der Waals surface area contributed by atoms with Crippen LogP contribution >= 0.6 is 0 Å². The Morgan fingerprint density at radius 3 is 2.74 bits per heavy atom. The third kappa shape index (κ3) is 5.55. The maximum atomic E-state index is 11.8. The monoisotopic (exact) mass is 340 g/mol. The molecule has 1 atom stereocenters. The summed E-state index contributed by atoms with van der Waals surface area (Å²) in [5, 5.41) is 5.35. The molecule has 0 saturated carbocycles. The molecule has 1 aromatic carbocycles. The van der Waals surface area contributed by atoms with Crippen molar-refractivity contribution in [1.29, 1.82) is 0 Å². The lowest BCUT2D eigenvalue weighted by molar-refractivity contribution is -0.123. The number of hydrogen-bond donors (Lipinski definition) is 2. The standard InChI is InChI=1S/C15H20N2O5S/c1-2-14(18)16-11-4-3-5-13(8-11)22-9-15(19)17-12-6-7-23(20,21)10-12/h3-5,8,12H,2,6-7,9-10H2,1H3,(H,16,18)(H,17,19). The molecule has 2 N–H and O–H groups in total. The van der Waals surface area contributed by atoms with E-state index < -0.39 is 9.84 Å². The summed E-state index contributed by atoms with van der Waals surface area (Å²) in [6.45, 7) is 1.55. The summed E-state index contributed by atoms with van der Waals surface area (Å²) >= 11 is 0. The van der Waals surface area contributed by atoms with Crippen LogP contribution in [0.3, 0.4) is 0 Å².